The zero-order valence-corrected chi connectivity index (χ0v) is 13.5. The van der Waals surface area contributed by atoms with Crippen LogP contribution in [0.2, 0.25) is 5.02 Å². The molecule has 24 heavy (non-hydrogen) atoms. The third-order valence-corrected chi connectivity index (χ3v) is 3.57. The predicted octanol–water partition coefficient (Wildman–Crippen LogP) is 4.02. The molecule has 0 aliphatic carbocycles. The van der Waals surface area contributed by atoms with Gasteiger partial charge in [0.2, 0.25) is 5.91 Å². The van der Waals surface area contributed by atoms with E-state index in [1.165, 1.54) is 12.1 Å². The maximum Gasteiger partial charge on any atom is 0.258 e. The normalized spacial score (nSPS) is 10.6. The summed E-state index contributed by atoms with van der Waals surface area (Å²) in [6.07, 6.45) is -0.0647. The fourth-order valence-electron chi connectivity index (χ4n) is 2.13. The van der Waals surface area contributed by atoms with Crippen LogP contribution in [-0.4, -0.2) is 16.0 Å². The summed E-state index contributed by atoms with van der Waals surface area (Å²) in [5, 5.41) is 7.03. The number of hydrogen-bond donors (Lipinski definition) is 1. The molecule has 122 valence electrons. The number of nitrogens with one attached hydrogen (secondary N) is 1. The molecule has 0 spiro atoms. The average molecular weight is 346 g/mol. The molecule has 1 N–H and O–H groups in total. The van der Waals surface area contributed by atoms with Crippen LogP contribution < -0.4 is 5.32 Å². The number of amides is 1. The summed E-state index contributed by atoms with van der Waals surface area (Å²) in [7, 11) is 0. The molecule has 3 rings (SSSR count). The molecular weight excluding hydrogens is 333 g/mol. The molecule has 0 saturated heterocycles. The van der Waals surface area contributed by atoms with Gasteiger partial charge in [-0.1, -0.05) is 28.9 Å². The van der Waals surface area contributed by atoms with Gasteiger partial charge in [0.15, 0.2) is 5.82 Å². The van der Waals surface area contributed by atoms with Crippen LogP contribution >= 0.6 is 11.6 Å². The summed E-state index contributed by atoms with van der Waals surface area (Å²) >= 11 is 5.92. The minimum absolute atomic E-state index is 0.0647. The van der Waals surface area contributed by atoms with Crippen LogP contribution in [0.4, 0.5) is 10.1 Å². The molecule has 0 bridgehead atoms. The highest BCUT2D eigenvalue weighted by atomic mass is 35.5. The van der Waals surface area contributed by atoms with Gasteiger partial charge in [0.05, 0.1) is 6.42 Å². The lowest BCUT2D eigenvalue weighted by molar-refractivity contribution is -0.115. The summed E-state index contributed by atoms with van der Waals surface area (Å²) in [6.45, 7) is 1.86. The summed E-state index contributed by atoms with van der Waals surface area (Å²) < 4.78 is 18.3. The van der Waals surface area contributed by atoms with Gasteiger partial charge in [-0.3, -0.25) is 4.79 Å². The SMILES string of the molecule is Cc1ccc(Cl)cc1NC(=O)Cc1noc(-c2cccc(F)c2)n1. The fourth-order valence-corrected chi connectivity index (χ4v) is 2.30. The van der Waals surface area contributed by atoms with Crippen molar-refractivity contribution in [3.8, 4) is 11.5 Å². The van der Waals surface area contributed by atoms with E-state index in [1.807, 2.05) is 13.0 Å². The second-order valence-electron chi connectivity index (χ2n) is 5.21. The molecular formula is C17H13ClFN3O2. The van der Waals surface area contributed by atoms with Crippen LogP contribution in [0.5, 0.6) is 0 Å². The van der Waals surface area contributed by atoms with Crippen molar-refractivity contribution >= 4 is 23.2 Å². The maximum absolute atomic E-state index is 13.2. The third kappa shape index (κ3) is 3.78. The van der Waals surface area contributed by atoms with E-state index in [4.69, 9.17) is 16.1 Å². The van der Waals surface area contributed by atoms with Crippen LogP contribution in [0.3, 0.4) is 0 Å². The smallest absolute Gasteiger partial charge is 0.258 e. The van der Waals surface area contributed by atoms with E-state index in [9.17, 15) is 9.18 Å². The lowest BCUT2D eigenvalue weighted by Crippen LogP contribution is -2.15. The maximum atomic E-state index is 13.2. The first kappa shape index (κ1) is 16.1. The van der Waals surface area contributed by atoms with E-state index < -0.39 is 5.82 Å². The molecule has 0 radical (unpaired) electrons. The van der Waals surface area contributed by atoms with Crippen molar-refractivity contribution in [3.63, 3.8) is 0 Å². The molecule has 7 heteroatoms. The molecule has 0 aliphatic heterocycles. The number of rotatable bonds is 4. The predicted molar refractivity (Wildman–Crippen MR) is 88.2 cm³/mol. The molecule has 1 amide bonds. The van der Waals surface area contributed by atoms with Crippen molar-refractivity contribution in [2.45, 2.75) is 13.3 Å². The topological polar surface area (TPSA) is 68.0 Å². The highest BCUT2D eigenvalue weighted by Crippen LogP contribution is 2.21. The Hall–Kier alpha value is -2.73. The molecule has 0 atom stereocenters. The fraction of sp³-hybridized carbons (Fsp3) is 0.118. The van der Waals surface area contributed by atoms with Crippen LogP contribution in [0, 0.1) is 12.7 Å². The average Bonchev–Trinajstić information content (AvgIpc) is 2.99. The number of carbonyl (C=O) groups is 1. The van der Waals surface area contributed by atoms with E-state index in [0.717, 1.165) is 5.56 Å². The first-order valence-corrected chi connectivity index (χ1v) is 7.53. The number of benzene rings is 2. The Morgan fingerprint density at radius 3 is 2.92 bits per heavy atom. The van der Waals surface area contributed by atoms with Gasteiger partial charge in [0, 0.05) is 16.3 Å². The van der Waals surface area contributed by atoms with Crippen molar-refractivity contribution in [3.05, 3.63) is 64.7 Å². The Morgan fingerprint density at radius 2 is 2.12 bits per heavy atom. The first-order chi connectivity index (χ1) is 11.5. The Balaban J connectivity index is 1.70. The number of anilines is 1. The molecule has 0 saturated carbocycles. The minimum Gasteiger partial charge on any atom is -0.334 e. The van der Waals surface area contributed by atoms with Crippen molar-refractivity contribution in [2.75, 3.05) is 5.32 Å². The van der Waals surface area contributed by atoms with E-state index in [0.29, 0.717) is 16.3 Å². The second kappa shape index (κ2) is 6.80. The number of nitrogens with zero attached hydrogens (tertiary/aromatic N) is 2. The van der Waals surface area contributed by atoms with Crippen molar-refractivity contribution < 1.29 is 13.7 Å². The molecule has 1 aromatic heterocycles. The molecule has 3 aromatic rings. The highest BCUT2D eigenvalue weighted by Gasteiger charge is 2.13. The minimum atomic E-state index is -0.401. The van der Waals surface area contributed by atoms with Crippen LogP contribution in [-0.2, 0) is 11.2 Å². The standard InChI is InChI=1S/C17H13ClFN3O2/c1-10-5-6-12(18)8-14(10)20-16(23)9-15-21-17(24-22-15)11-3-2-4-13(19)7-11/h2-8H,9H2,1H3,(H,20,23). The van der Waals surface area contributed by atoms with Crippen molar-refractivity contribution in [1.82, 2.24) is 10.1 Å². The Labute approximate surface area is 142 Å². The monoisotopic (exact) mass is 345 g/mol. The highest BCUT2D eigenvalue weighted by molar-refractivity contribution is 6.31. The third-order valence-electron chi connectivity index (χ3n) is 3.33. The molecule has 0 fully saturated rings. The summed E-state index contributed by atoms with van der Waals surface area (Å²) in [5.41, 5.74) is 1.97. The summed E-state index contributed by atoms with van der Waals surface area (Å²) in [4.78, 5) is 16.2. The van der Waals surface area contributed by atoms with Gasteiger partial charge in [-0.05, 0) is 42.8 Å². The Bertz CT molecular complexity index is 895. The molecule has 1 heterocycles. The number of hydrogen-bond acceptors (Lipinski definition) is 4. The van der Waals surface area contributed by atoms with Crippen molar-refractivity contribution in [2.24, 2.45) is 0 Å². The number of aryl methyl sites for hydroxylation is 1. The Morgan fingerprint density at radius 1 is 1.29 bits per heavy atom. The second-order valence-corrected chi connectivity index (χ2v) is 5.65. The van der Waals surface area contributed by atoms with Crippen molar-refractivity contribution in [1.29, 1.82) is 0 Å². The number of aromatic nitrogens is 2. The van der Waals surface area contributed by atoms with Crippen LogP contribution in [0.25, 0.3) is 11.5 Å². The molecule has 0 aliphatic rings. The van der Waals surface area contributed by atoms with Gasteiger partial charge in [0.1, 0.15) is 5.82 Å². The van der Waals surface area contributed by atoms with E-state index in [-0.39, 0.29) is 24.0 Å². The lowest BCUT2D eigenvalue weighted by Gasteiger charge is -2.07. The van der Waals surface area contributed by atoms with Crippen LogP contribution in [0.1, 0.15) is 11.4 Å². The Kier molecular flexibility index (Phi) is 4.57. The molecule has 0 unspecified atom stereocenters. The van der Waals surface area contributed by atoms with Gasteiger partial charge in [0.25, 0.3) is 5.89 Å². The number of halogens is 2. The van der Waals surface area contributed by atoms with Gasteiger partial charge in [-0.25, -0.2) is 4.39 Å². The van der Waals surface area contributed by atoms with Gasteiger partial charge >= 0.3 is 0 Å². The van der Waals surface area contributed by atoms with Gasteiger partial charge in [-0.15, -0.1) is 0 Å². The van der Waals surface area contributed by atoms with E-state index in [1.54, 1.807) is 24.3 Å². The zero-order chi connectivity index (χ0) is 17.1. The van der Waals surface area contributed by atoms with Gasteiger partial charge in [-0.2, -0.15) is 4.98 Å². The lowest BCUT2D eigenvalue weighted by atomic mass is 10.2. The van der Waals surface area contributed by atoms with Crippen LogP contribution in [0.15, 0.2) is 47.0 Å². The molecule has 2 aromatic carbocycles. The summed E-state index contributed by atoms with van der Waals surface area (Å²) in [5.74, 6) is -0.323. The molecule has 5 nitrogen and oxygen atoms in total. The largest absolute Gasteiger partial charge is 0.334 e. The van der Waals surface area contributed by atoms with E-state index in [2.05, 4.69) is 15.5 Å². The zero-order valence-electron chi connectivity index (χ0n) is 12.7. The summed E-state index contributed by atoms with van der Waals surface area (Å²) in [6, 6.07) is 11.0. The quantitative estimate of drug-likeness (QED) is 0.775. The first-order valence-electron chi connectivity index (χ1n) is 7.16. The van der Waals surface area contributed by atoms with E-state index >= 15 is 0 Å². The van der Waals surface area contributed by atoms with Gasteiger partial charge < -0.3 is 9.84 Å². The number of carbonyl (C=O) groups excluding carboxylic acids is 1.